The predicted octanol–water partition coefficient (Wildman–Crippen LogP) is 2.03. The van der Waals surface area contributed by atoms with Gasteiger partial charge in [0.05, 0.1) is 7.11 Å². The van der Waals surface area contributed by atoms with Crippen molar-refractivity contribution >= 4 is 11.9 Å². The van der Waals surface area contributed by atoms with E-state index in [0.717, 1.165) is 12.8 Å². The van der Waals surface area contributed by atoms with Crippen LogP contribution in [0.3, 0.4) is 0 Å². The quantitative estimate of drug-likeness (QED) is 0.837. The van der Waals surface area contributed by atoms with Crippen molar-refractivity contribution in [2.75, 3.05) is 20.2 Å². The summed E-state index contributed by atoms with van der Waals surface area (Å²) in [6.07, 6.45) is 3.60. The summed E-state index contributed by atoms with van der Waals surface area (Å²) in [5.41, 5.74) is 0.712. The first kappa shape index (κ1) is 16.9. The van der Waals surface area contributed by atoms with Gasteiger partial charge in [0.2, 0.25) is 5.91 Å². The summed E-state index contributed by atoms with van der Waals surface area (Å²) >= 11 is 0. The van der Waals surface area contributed by atoms with Crippen LogP contribution in [-0.2, 0) is 14.3 Å². The van der Waals surface area contributed by atoms with Crippen molar-refractivity contribution in [2.45, 2.75) is 37.8 Å². The van der Waals surface area contributed by atoms with Gasteiger partial charge in [0.25, 0.3) is 0 Å². The van der Waals surface area contributed by atoms with Gasteiger partial charge >= 0.3 is 5.97 Å². The Bertz CT molecular complexity index is 593. The summed E-state index contributed by atoms with van der Waals surface area (Å²) in [5, 5.41) is 3.05. The molecular weight excluding hydrogens is 311 g/mol. The van der Waals surface area contributed by atoms with Gasteiger partial charge in [0.1, 0.15) is 11.9 Å². The van der Waals surface area contributed by atoms with E-state index in [1.165, 1.54) is 19.2 Å². The first-order valence-corrected chi connectivity index (χ1v) is 8.46. The highest BCUT2D eigenvalue weighted by Gasteiger charge is 2.35. The maximum atomic E-state index is 13.2. The Labute approximate surface area is 141 Å². The summed E-state index contributed by atoms with van der Waals surface area (Å²) in [6, 6.07) is 5.74. The van der Waals surface area contributed by atoms with Gasteiger partial charge in [-0.15, -0.1) is 0 Å². The van der Waals surface area contributed by atoms with Crippen molar-refractivity contribution in [3.8, 4) is 0 Å². The highest BCUT2D eigenvalue weighted by molar-refractivity contribution is 5.80. The molecule has 1 aliphatic heterocycles. The van der Waals surface area contributed by atoms with Crippen LogP contribution in [-0.4, -0.2) is 43.0 Å². The number of hydrogen-bond donors (Lipinski definition) is 1. The molecule has 0 radical (unpaired) electrons. The molecule has 2 aliphatic rings. The maximum Gasteiger partial charge on any atom is 0.327 e. The highest BCUT2D eigenvalue weighted by Crippen LogP contribution is 2.29. The molecule has 0 bridgehead atoms. The minimum Gasteiger partial charge on any atom is -0.468 e. The highest BCUT2D eigenvalue weighted by atomic mass is 19.1. The molecule has 0 spiro atoms. The number of esters is 1. The fourth-order valence-electron chi connectivity index (χ4n) is 3.22. The molecule has 5 nitrogen and oxygen atoms in total. The molecule has 1 amide bonds. The third-order valence-electron chi connectivity index (χ3n) is 4.80. The number of hydrogen-bond acceptors (Lipinski definition) is 4. The molecule has 6 heteroatoms. The summed E-state index contributed by atoms with van der Waals surface area (Å²) in [5.74, 6) is -0.553. The Kier molecular flexibility index (Phi) is 5.14. The van der Waals surface area contributed by atoms with Crippen LogP contribution < -0.4 is 5.32 Å². The van der Waals surface area contributed by atoms with Crippen LogP contribution in [0.15, 0.2) is 24.3 Å². The number of benzene rings is 1. The molecule has 24 heavy (non-hydrogen) atoms. The van der Waals surface area contributed by atoms with Gasteiger partial charge in [-0.1, -0.05) is 12.1 Å². The van der Waals surface area contributed by atoms with Gasteiger partial charge in [0, 0.05) is 25.0 Å². The van der Waals surface area contributed by atoms with E-state index in [2.05, 4.69) is 5.32 Å². The zero-order valence-electron chi connectivity index (χ0n) is 13.8. The van der Waals surface area contributed by atoms with E-state index < -0.39 is 6.04 Å². The zero-order chi connectivity index (χ0) is 17.1. The Morgan fingerprint density at radius 2 is 1.79 bits per heavy atom. The number of likely N-dealkylation sites (tertiary alicyclic amines) is 1. The predicted molar refractivity (Wildman–Crippen MR) is 86.6 cm³/mol. The minimum atomic E-state index is -0.553. The van der Waals surface area contributed by atoms with Crippen LogP contribution in [0.5, 0.6) is 0 Å². The number of methoxy groups -OCH3 is 1. The van der Waals surface area contributed by atoms with Crippen molar-refractivity contribution in [1.82, 2.24) is 10.2 Å². The van der Waals surface area contributed by atoms with E-state index in [-0.39, 0.29) is 23.6 Å². The van der Waals surface area contributed by atoms with Gasteiger partial charge in [0.15, 0.2) is 0 Å². The summed E-state index contributed by atoms with van der Waals surface area (Å²) < 4.78 is 18.1. The number of carbonyl (C=O) groups excluding carboxylic acids is 2. The van der Waals surface area contributed by atoms with E-state index in [1.54, 1.807) is 12.1 Å². The molecule has 3 rings (SSSR count). The molecule has 1 atom stereocenters. The topological polar surface area (TPSA) is 58.6 Å². The zero-order valence-corrected chi connectivity index (χ0v) is 13.8. The second-order valence-electron chi connectivity index (χ2n) is 6.57. The van der Waals surface area contributed by atoms with E-state index in [4.69, 9.17) is 4.74 Å². The first-order chi connectivity index (χ1) is 11.6. The van der Waals surface area contributed by atoms with E-state index in [0.29, 0.717) is 37.5 Å². The monoisotopic (exact) mass is 334 g/mol. The van der Waals surface area contributed by atoms with Gasteiger partial charge in [-0.2, -0.15) is 0 Å². The van der Waals surface area contributed by atoms with Crippen molar-refractivity contribution in [2.24, 2.45) is 5.92 Å². The Morgan fingerprint density at radius 3 is 2.33 bits per heavy atom. The summed E-state index contributed by atoms with van der Waals surface area (Å²) in [4.78, 5) is 26.4. The molecule has 1 aromatic carbocycles. The molecule has 1 aliphatic carbocycles. The number of nitrogens with one attached hydrogen (secondary N) is 1. The molecule has 2 fully saturated rings. The first-order valence-electron chi connectivity index (χ1n) is 8.46. The number of rotatable bonds is 5. The van der Waals surface area contributed by atoms with Crippen molar-refractivity contribution in [3.05, 3.63) is 35.6 Å². The number of halogens is 1. The Hall–Kier alpha value is -1.95. The van der Waals surface area contributed by atoms with Crippen LogP contribution >= 0.6 is 0 Å². The standard InChI is InChI=1S/C18H23FN2O3/c1-24-18(23)16(12-2-4-14(19)5-3-12)21-10-8-13(9-11-21)17(22)20-15-6-7-15/h2-5,13,15-16H,6-11H2,1H3,(H,20,22). The average Bonchev–Trinajstić information content (AvgIpc) is 3.41. The number of amides is 1. The van der Waals surface area contributed by atoms with Crippen LogP contribution in [0.4, 0.5) is 4.39 Å². The van der Waals surface area contributed by atoms with E-state index in [1.807, 2.05) is 4.90 Å². The van der Waals surface area contributed by atoms with Crippen LogP contribution in [0.25, 0.3) is 0 Å². The van der Waals surface area contributed by atoms with Gasteiger partial charge in [-0.3, -0.25) is 9.69 Å². The van der Waals surface area contributed by atoms with Gasteiger partial charge in [-0.05, 0) is 43.4 Å². The van der Waals surface area contributed by atoms with Crippen molar-refractivity contribution in [3.63, 3.8) is 0 Å². The third-order valence-corrected chi connectivity index (χ3v) is 4.80. The SMILES string of the molecule is COC(=O)C(c1ccc(F)cc1)N1CCC(C(=O)NC2CC2)CC1. The molecule has 1 saturated heterocycles. The van der Waals surface area contributed by atoms with Crippen molar-refractivity contribution in [1.29, 1.82) is 0 Å². The molecule has 130 valence electrons. The Morgan fingerprint density at radius 1 is 1.17 bits per heavy atom. The normalized spacial score (nSPS) is 20.4. The minimum absolute atomic E-state index is 0.00775. The largest absolute Gasteiger partial charge is 0.468 e. The lowest BCUT2D eigenvalue weighted by Gasteiger charge is -2.35. The van der Waals surface area contributed by atoms with Crippen LogP contribution in [0.1, 0.15) is 37.3 Å². The third kappa shape index (κ3) is 3.93. The second kappa shape index (κ2) is 7.30. The fourth-order valence-corrected chi connectivity index (χ4v) is 3.22. The maximum absolute atomic E-state index is 13.2. The smallest absolute Gasteiger partial charge is 0.327 e. The number of piperidine rings is 1. The summed E-state index contributed by atoms with van der Waals surface area (Å²) in [6.45, 7) is 1.28. The fraction of sp³-hybridized carbons (Fsp3) is 0.556. The van der Waals surface area contributed by atoms with Crippen LogP contribution in [0, 0.1) is 11.7 Å². The lowest BCUT2D eigenvalue weighted by Crippen LogP contribution is -2.44. The Balaban J connectivity index is 1.65. The summed E-state index contributed by atoms with van der Waals surface area (Å²) in [7, 11) is 1.36. The van der Waals surface area contributed by atoms with Crippen molar-refractivity contribution < 1.29 is 18.7 Å². The molecule has 1 saturated carbocycles. The second-order valence-corrected chi connectivity index (χ2v) is 6.57. The number of nitrogens with zero attached hydrogens (tertiary/aromatic N) is 1. The molecule has 1 aromatic rings. The van der Waals surface area contributed by atoms with E-state index >= 15 is 0 Å². The van der Waals surface area contributed by atoms with Gasteiger partial charge in [-0.25, -0.2) is 9.18 Å². The molecule has 1 heterocycles. The average molecular weight is 334 g/mol. The molecule has 0 aromatic heterocycles. The number of ether oxygens (including phenoxy) is 1. The molecular formula is C18H23FN2O3. The van der Waals surface area contributed by atoms with E-state index in [9.17, 15) is 14.0 Å². The number of carbonyl (C=O) groups is 2. The lowest BCUT2D eigenvalue weighted by molar-refractivity contribution is -0.148. The molecule has 1 unspecified atom stereocenters. The lowest BCUT2D eigenvalue weighted by atomic mass is 9.93. The van der Waals surface area contributed by atoms with Crippen LogP contribution in [0.2, 0.25) is 0 Å². The van der Waals surface area contributed by atoms with Gasteiger partial charge < -0.3 is 10.1 Å². The molecule has 1 N–H and O–H groups in total.